The fourth-order valence-electron chi connectivity index (χ4n) is 6.63. The highest BCUT2D eigenvalue weighted by molar-refractivity contribution is 5.73. The van der Waals surface area contributed by atoms with E-state index in [1.54, 1.807) is 0 Å². The van der Waals surface area contributed by atoms with Crippen LogP contribution in [0, 0.1) is 29.6 Å². The normalized spacial score (nSPS) is 49.3. The van der Waals surface area contributed by atoms with Crippen molar-refractivity contribution < 1.29 is 19.3 Å². The topological polar surface area (TPSA) is 82.8 Å². The van der Waals surface area contributed by atoms with Gasteiger partial charge < -0.3 is 15.8 Å². The molecule has 6 nitrogen and oxygen atoms in total. The van der Waals surface area contributed by atoms with Gasteiger partial charge in [0.2, 0.25) is 17.5 Å². The van der Waals surface area contributed by atoms with Crippen molar-refractivity contribution in [2.24, 2.45) is 35.3 Å². The highest BCUT2D eigenvalue weighted by Gasteiger charge is 2.66. The van der Waals surface area contributed by atoms with Gasteiger partial charge in [0.25, 0.3) is 0 Å². The zero-order valence-electron chi connectivity index (χ0n) is 15.6. The summed E-state index contributed by atoms with van der Waals surface area (Å²) >= 11 is 0. The lowest BCUT2D eigenvalue weighted by Gasteiger charge is -2.57. The molecule has 26 heavy (non-hydrogen) atoms. The molecule has 0 unspecified atom stereocenters. The Labute approximate surface area is 155 Å². The molecular weight excluding hydrogens is 332 g/mol. The van der Waals surface area contributed by atoms with Crippen molar-refractivity contribution in [3.05, 3.63) is 0 Å². The Balaban J connectivity index is 1.16. The van der Waals surface area contributed by atoms with Gasteiger partial charge in [-0.15, -0.1) is 0 Å². The molecule has 6 fully saturated rings. The van der Waals surface area contributed by atoms with Crippen molar-refractivity contribution in [1.82, 2.24) is 5.32 Å². The van der Waals surface area contributed by atoms with Crippen LogP contribution in [0.4, 0.5) is 0 Å². The summed E-state index contributed by atoms with van der Waals surface area (Å²) in [5.74, 6) is 2.27. The molecule has 3 N–H and O–H groups in total. The summed E-state index contributed by atoms with van der Waals surface area (Å²) in [6.07, 6.45) is 10.8. The minimum absolute atomic E-state index is 0.244. The van der Waals surface area contributed by atoms with Gasteiger partial charge in [0, 0.05) is 37.6 Å². The first kappa shape index (κ1) is 17.4. The van der Waals surface area contributed by atoms with Crippen molar-refractivity contribution in [3.63, 3.8) is 0 Å². The smallest absolute Gasteiger partial charge is 0.218 e. The van der Waals surface area contributed by atoms with Crippen LogP contribution in [0.5, 0.6) is 0 Å². The number of rotatable bonds is 5. The molecule has 146 valence electrons. The van der Waals surface area contributed by atoms with Gasteiger partial charge in [0.15, 0.2) is 0 Å². The molecule has 5 aliphatic carbocycles. The number of nitrogens with one attached hydrogen (secondary N) is 1. The van der Waals surface area contributed by atoms with Crippen LogP contribution in [-0.4, -0.2) is 30.6 Å². The third kappa shape index (κ3) is 2.89. The van der Waals surface area contributed by atoms with E-state index in [0.29, 0.717) is 30.7 Å². The molecule has 1 heterocycles. The van der Waals surface area contributed by atoms with Crippen LogP contribution < -0.4 is 11.1 Å². The van der Waals surface area contributed by atoms with Gasteiger partial charge in [0.1, 0.15) is 0 Å². The summed E-state index contributed by atoms with van der Waals surface area (Å²) in [7, 11) is 0. The van der Waals surface area contributed by atoms with E-state index in [1.807, 2.05) is 0 Å². The van der Waals surface area contributed by atoms with E-state index in [1.165, 1.54) is 32.1 Å². The number of ether oxygens (including phenoxy) is 1. The maximum Gasteiger partial charge on any atom is 0.218 e. The fourth-order valence-corrected chi connectivity index (χ4v) is 6.63. The maximum absolute atomic E-state index is 10.8. The average Bonchev–Trinajstić information content (AvgIpc) is 2.98. The Morgan fingerprint density at radius 1 is 1.00 bits per heavy atom. The Morgan fingerprint density at radius 2 is 1.65 bits per heavy atom. The molecule has 6 rings (SSSR count). The fraction of sp³-hybridized carbons (Fsp3) is 0.950. The Kier molecular flexibility index (Phi) is 4.31. The van der Waals surface area contributed by atoms with E-state index >= 15 is 0 Å². The molecule has 2 spiro atoms. The monoisotopic (exact) mass is 364 g/mol. The zero-order valence-corrected chi connectivity index (χ0v) is 15.6. The minimum Gasteiger partial charge on any atom is -0.370 e. The van der Waals surface area contributed by atoms with Crippen molar-refractivity contribution >= 4 is 5.91 Å². The van der Waals surface area contributed by atoms with Gasteiger partial charge in [-0.25, -0.2) is 0 Å². The van der Waals surface area contributed by atoms with Gasteiger partial charge in [-0.3, -0.25) is 4.79 Å². The van der Waals surface area contributed by atoms with Crippen molar-refractivity contribution in [3.8, 4) is 0 Å². The average molecular weight is 364 g/mol. The predicted molar refractivity (Wildman–Crippen MR) is 94.4 cm³/mol. The third-order valence-electron chi connectivity index (χ3n) is 7.79. The van der Waals surface area contributed by atoms with E-state index in [-0.39, 0.29) is 5.91 Å². The Bertz CT molecular complexity index is 530. The summed E-state index contributed by atoms with van der Waals surface area (Å²) in [6, 6.07) is 0. The Hall–Kier alpha value is -0.690. The first-order valence-corrected chi connectivity index (χ1v) is 10.6. The molecule has 6 aliphatic rings. The molecule has 6 heteroatoms. The number of hydrogen-bond acceptors (Lipinski definition) is 5. The van der Waals surface area contributed by atoms with Crippen LogP contribution in [0.1, 0.15) is 64.2 Å². The van der Waals surface area contributed by atoms with Gasteiger partial charge in [-0.2, -0.15) is 9.78 Å². The summed E-state index contributed by atoms with van der Waals surface area (Å²) in [5.41, 5.74) is 5.18. The second-order valence-electron chi connectivity index (χ2n) is 9.57. The lowest BCUT2D eigenvalue weighted by atomic mass is 9.53. The molecule has 0 radical (unpaired) electrons. The molecule has 0 aromatic carbocycles. The van der Waals surface area contributed by atoms with Gasteiger partial charge in [-0.1, -0.05) is 0 Å². The van der Waals surface area contributed by atoms with Crippen LogP contribution in [0.3, 0.4) is 0 Å². The van der Waals surface area contributed by atoms with Gasteiger partial charge in [-0.05, 0) is 69.2 Å². The van der Waals surface area contributed by atoms with E-state index < -0.39 is 11.6 Å². The molecule has 0 aromatic heterocycles. The molecule has 5 saturated carbocycles. The quantitative estimate of drug-likeness (QED) is 0.578. The second kappa shape index (κ2) is 6.43. The largest absolute Gasteiger partial charge is 0.370 e. The predicted octanol–water partition coefficient (Wildman–Crippen LogP) is 2.47. The number of hydrogen-bond donors (Lipinski definition) is 2. The lowest BCUT2D eigenvalue weighted by Crippen LogP contribution is -2.59. The van der Waals surface area contributed by atoms with Gasteiger partial charge >= 0.3 is 0 Å². The van der Waals surface area contributed by atoms with Crippen LogP contribution in [-0.2, 0) is 19.3 Å². The SMILES string of the molecule is NC(=O)CCNCC1CCC2(CC1)OOC1(O2)C2CC3CC(C2)CC1C3. The lowest BCUT2D eigenvalue weighted by molar-refractivity contribution is -0.390. The standard InChI is InChI=1S/C20H32N2O4/c21-18(23)3-6-22-12-13-1-4-19(5-2-13)24-20(26-25-19)16-8-14-7-15(10-16)11-17(20)9-14/h13-17,22H,1-12H2,(H2,21,23). The number of carbonyl (C=O) groups is 1. The van der Waals surface area contributed by atoms with Crippen LogP contribution in [0.15, 0.2) is 0 Å². The number of primary amides is 1. The molecule has 1 amide bonds. The summed E-state index contributed by atoms with van der Waals surface area (Å²) < 4.78 is 6.73. The van der Waals surface area contributed by atoms with E-state index in [0.717, 1.165) is 44.1 Å². The first-order valence-electron chi connectivity index (χ1n) is 10.6. The van der Waals surface area contributed by atoms with Crippen LogP contribution >= 0.6 is 0 Å². The van der Waals surface area contributed by atoms with Gasteiger partial charge in [0.05, 0.1) is 0 Å². The number of amides is 1. The first-order chi connectivity index (χ1) is 12.6. The van der Waals surface area contributed by atoms with E-state index in [9.17, 15) is 4.79 Å². The van der Waals surface area contributed by atoms with Crippen molar-refractivity contribution in [2.45, 2.75) is 75.8 Å². The second-order valence-corrected chi connectivity index (χ2v) is 9.57. The summed E-state index contributed by atoms with van der Waals surface area (Å²) in [5, 5.41) is 3.35. The number of carbonyl (C=O) groups excluding carboxylic acids is 1. The molecule has 4 bridgehead atoms. The number of nitrogens with two attached hydrogens (primary N) is 1. The van der Waals surface area contributed by atoms with Crippen molar-refractivity contribution in [2.75, 3.05) is 13.1 Å². The highest BCUT2D eigenvalue weighted by atomic mass is 17.3. The summed E-state index contributed by atoms with van der Waals surface area (Å²) in [4.78, 5) is 22.9. The molecule has 1 saturated heterocycles. The maximum atomic E-state index is 10.8. The van der Waals surface area contributed by atoms with Crippen LogP contribution in [0.2, 0.25) is 0 Å². The van der Waals surface area contributed by atoms with Crippen molar-refractivity contribution in [1.29, 1.82) is 0 Å². The summed E-state index contributed by atoms with van der Waals surface area (Å²) in [6.45, 7) is 1.60. The molecular formula is C20H32N2O4. The zero-order chi connectivity index (χ0) is 17.8. The van der Waals surface area contributed by atoms with E-state index in [4.69, 9.17) is 20.2 Å². The van der Waals surface area contributed by atoms with Crippen LogP contribution in [0.25, 0.3) is 0 Å². The highest BCUT2D eigenvalue weighted by Crippen LogP contribution is 2.63. The molecule has 0 atom stereocenters. The Morgan fingerprint density at radius 3 is 2.27 bits per heavy atom. The molecule has 0 aromatic rings. The third-order valence-corrected chi connectivity index (χ3v) is 7.79. The minimum atomic E-state index is -0.515. The molecule has 1 aliphatic heterocycles. The van der Waals surface area contributed by atoms with E-state index in [2.05, 4.69) is 5.32 Å².